The number of carbonyl (C=O) groups is 1. The molecule has 1 fully saturated rings. The third kappa shape index (κ3) is 4.07. The highest BCUT2D eigenvalue weighted by Gasteiger charge is 2.29. The summed E-state index contributed by atoms with van der Waals surface area (Å²) < 4.78 is 43.1. The van der Waals surface area contributed by atoms with Crippen LogP contribution in [0.2, 0.25) is 0 Å². The highest BCUT2D eigenvalue weighted by Crippen LogP contribution is 2.38. The number of hydrogen-bond acceptors (Lipinski definition) is 5. The molecule has 170 valence electrons. The Hall–Kier alpha value is -2.98. The third-order valence-corrected chi connectivity index (χ3v) is 7.53. The van der Waals surface area contributed by atoms with Gasteiger partial charge in [0.15, 0.2) is 0 Å². The number of aromatic nitrogens is 2. The lowest BCUT2D eigenvalue weighted by Gasteiger charge is -2.28. The molecule has 1 N–H and O–H groups in total. The highest BCUT2D eigenvalue weighted by atomic mass is 32.2. The molecule has 1 atom stereocenters. The number of pyridine rings is 1. The molecule has 0 bridgehead atoms. The molecule has 1 aliphatic rings. The van der Waals surface area contributed by atoms with Gasteiger partial charge in [-0.2, -0.15) is 17.8 Å². The number of benzene rings is 1. The Labute approximate surface area is 186 Å². The van der Waals surface area contributed by atoms with Gasteiger partial charge in [0.2, 0.25) is 0 Å². The molecule has 0 spiro atoms. The van der Waals surface area contributed by atoms with Crippen molar-refractivity contribution in [3.05, 3.63) is 65.2 Å². The first-order valence-electron chi connectivity index (χ1n) is 10.5. The van der Waals surface area contributed by atoms with Crippen molar-refractivity contribution < 1.29 is 17.6 Å². The van der Waals surface area contributed by atoms with Crippen LogP contribution in [-0.4, -0.2) is 48.4 Å². The Morgan fingerprint density at radius 1 is 1.31 bits per heavy atom. The zero-order chi connectivity index (χ0) is 23.0. The molecule has 2 aromatic heterocycles. The van der Waals surface area contributed by atoms with E-state index >= 15 is 0 Å². The Kier molecular flexibility index (Phi) is 5.91. The van der Waals surface area contributed by atoms with Crippen LogP contribution in [0, 0.1) is 12.7 Å². The summed E-state index contributed by atoms with van der Waals surface area (Å²) in [4.78, 5) is 14.9. The van der Waals surface area contributed by atoms with Crippen LogP contribution >= 0.6 is 0 Å². The van der Waals surface area contributed by atoms with E-state index in [0.717, 1.165) is 40.5 Å². The van der Waals surface area contributed by atoms with E-state index in [1.165, 1.54) is 23.8 Å². The molecule has 3 aromatic rings. The first-order chi connectivity index (χ1) is 15.2. The van der Waals surface area contributed by atoms with Gasteiger partial charge in [-0.25, -0.2) is 13.6 Å². The van der Waals surface area contributed by atoms with Crippen LogP contribution in [0.15, 0.2) is 42.7 Å². The summed E-state index contributed by atoms with van der Waals surface area (Å²) in [5.41, 5.74) is 3.50. The van der Waals surface area contributed by atoms with Crippen LogP contribution in [0.3, 0.4) is 0 Å². The molecule has 3 heterocycles. The van der Waals surface area contributed by atoms with Gasteiger partial charge < -0.3 is 4.90 Å². The van der Waals surface area contributed by atoms with Crippen molar-refractivity contribution in [3.8, 4) is 0 Å². The molecule has 32 heavy (non-hydrogen) atoms. The summed E-state index contributed by atoms with van der Waals surface area (Å²) in [6, 6.07) is 8.58. The molecule has 4 rings (SSSR count). The fraction of sp³-hybridized carbons (Fsp3) is 0.364. The van der Waals surface area contributed by atoms with Crippen molar-refractivity contribution >= 4 is 27.3 Å². The average molecular weight is 460 g/mol. The monoisotopic (exact) mass is 459 g/mol. The number of halogens is 1. The van der Waals surface area contributed by atoms with E-state index in [1.54, 1.807) is 25.3 Å². The maximum absolute atomic E-state index is 13.9. The molecule has 8 nitrogen and oxygen atoms in total. The van der Waals surface area contributed by atoms with Gasteiger partial charge in [-0.15, -0.1) is 0 Å². The smallest absolute Gasteiger partial charge is 0.303 e. The summed E-state index contributed by atoms with van der Waals surface area (Å²) in [6.07, 6.45) is 4.94. The Morgan fingerprint density at radius 2 is 2.09 bits per heavy atom. The number of nitrogens with one attached hydrogen (secondary N) is 1. The van der Waals surface area contributed by atoms with Crippen molar-refractivity contribution in [2.24, 2.45) is 0 Å². The standard InChI is InChI=1S/C22H26FN5O3S/c1-4-26(3)32(30,31)25-22(29)19-14-24-28-11-9-17(13-21(19)28)27-10-5-6-20(27)18-12-16(23)8-7-15(18)2/h7-9,11-14,20H,4-6,10H2,1-3H3,(H,25,29). The van der Waals surface area contributed by atoms with Crippen LogP contribution in [0.5, 0.6) is 0 Å². The minimum atomic E-state index is -3.93. The zero-order valence-corrected chi connectivity index (χ0v) is 19.1. The quantitative estimate of drug-likeness (QED) is 0.612. The number of carbonyl (C=O) groups excluding carboxylic acids is 1. The van der Waals surface area contributed by atoms with Gasteiger partial charge in [0.05, 0.1) is 23.3 Å². The summed E-state index contributed by atoms with van der Waals surface area (Å²) >= 11 is 0. The number of nitrogens with zero attached hydrogens (tertiary/aromatic N) is 4. The molecule has 0 radical (unpaired) electrons. The van der Waals surface area contributed by atoms with Crippen LogP contribution in [-0.2, 0) is 10.2 Å². The SMILES string of the molecule is CCN(C)S(=O)(=O)NC(=O)c1cnn2ccc(N3CCCC3c3cc(F)ccc3C)cc12. The highest BCUT2D eigenvalue weighted by molar-refractivity contribution is 7.87. The number of anilines is 1. The van der Waals surface area contributed by atoms with Crippen LogP contribution in [0.25, 0.3) is 5.52 Å². The maximum Gasteiger partial charge on any atom is 0.303 e. The van der Waals surface area contributed by atoms with E-state index in [-0.39, 0.29) is 24.0 Å². The Morgan fingerprint density at radius 3 is 2.84 bits per heavy atom. The van der Waals surface area contributed by atoms with Crippen molar-refractivity contribution in [1.29, 1.82) is 0 Å². The fourth-order valence-electron chi connectivity index (χ4n) is 4.11. The van der Waals surface area contributed by atoms with Gasteiger partial charge in [0, 0.05) is 32.0 Å². The zero-order valence-electron chi connectivity index (χ0n) is 18.2. The molecular weight excluding hydrogens is 433 g/mol. The molecule has 0 saturated carbocycles. The van der Waals surface area contributed by atoms with Crippen molar-refractivity contribution in [2.75, 3.05) is 25.0 Å². The minimum Gasteiger partial charge on any atom is -0.364 e. The molecule has 0 aliphatic carbocycles. The second-order valence-electron chi connectivity index (χ2n) is 7.98. The van der Waals surface area contributed by atoms with E-state index < -0.39 is 16.1 Å². The number of rotatable bonds is 6. The molecule has 1 saturated heterocycles. The maximum atomic E-state index is 13.9. The number of amides is 1. The summed E-state index contributed by atoms with van der Waals surface area (Å²) in [6.45, 7) is 4.68. The van der Waals surface area contributed by atoms with Gasteiger partial charge in [0.25, 0.3) is 5.91 Å². The lowest BCUT2D eigenvalue weighted by Crippen LogP contribution is -2.41. The third-order valence-electron chi connectivity index (χ3n) is 6.01. The largest absolute Gasteiger partial charge is 0.364 e. The van der Waals surface area contributed by atoms with Gasteiger partial charge in [-0.1, -0.05) is 13.0 Å². The number of aryl methyl sites for hydroxylation is 1. The Balaban J connectivity index is 1.68. The topological polar surface area (TPSA) is 87.0 Å². The van der Waals surface area contributed by atoms with Crippen LogP contribution in [0.4, 0.5) is 10.1 Å². The van der Waals surface area contributed by atoms with Crippen molar-refractivity contribution in [3.63, 3.8) is 0 Å². The van der Waals surface area contributed by atoms with E-state index in [2.05, 4.69) is 14.7 Å². The van der Waals surface area contributed by atoms with E-state index in [0.29, 0.717) is 5.52 Å². The summed E-state index contributed by atoms with van der Waals surface area (Å²) in [5.74, 6) is -1.00. The Bertz CT molecular complexity index is 1270. The van der Waals surface area contributed by atoms with Gasteiger partial charge >= 0.3 is 10.2 Å². The van der Waals surface area contributed by atoms with Gasteiger partial charge in [-0.3, -0.25) is 4.79 Å². The van der Waals surface area contributed by atoms with Gasteiger partial charge in [0.1, 0.15) is 5.82 Å². The molecule has 1 aromatic carbocycles. The fourth-order valence-corrected chi connectivity index (χ4v) is 4.95. The average Bonchev–Trinajstić information content (AvgIpc) is 3.41. The second kappa shape index (κ2) is 8.51. The molecular formula is C22H26FN5O3S. The van der Waals surface area contributed by atoms with E-state index in [9.17, 15) is 17.6 Å². The van der Waals surface area contributed by atoms with Crippen molar-refractivity contribution in [2.45, 2.75) is 32.7 Å². The molecule has 10 heteroatoms. The summed E-state index contributed by atoms with van der Waals surface area (Å²) in [7, 11) is -2.54. The minimum absolute atomic E-state index is 0.0203. The predicted octanol–water partition coefficient (Wildman–Crippen LogP) is 3.05. The normalized spacial score (nSPS) is 16.8. The first-order valence-corrected chi connectivity index (χ1v) is 11.9. The van der Waals surface area contributed by atoms with Crippen molar-refractivity contribution in [1.82, 2.24) is 18.6 Å². The lowest BCUT2D eigenvalue weighted by molar-refractivity contribution is 0.0981. The number of fused-ring (bicyclic) bond motifs is 1. The first kappa shape index (κ1) is 22.2. The molecule has 1 aliphatic heterocycles. The van der Waals surface area contributed by atoms with Gasteiger partial charge in [-0.05, 0) is 55.2 Å². The number of hydrogen-bond donors (Lipinski definition) is 1. The molecule has 1 unspecified atom stereocenters. The predicted molar refractivity (Wildman–Crippen MR) is 120 cm³/mol. The van der Waals surface area contributed by atoms with E-state index in [4.69, 9.17) is 0 Å². The molecule has 1 amide bonds. The van der Waals surface area contributed by atoms with Crippen LogP contribution < -0.4 is 9.62 Å². The van der Waals surface area contributed by atoms with E-state index in [1.807, 2.05) is 19.1 Å². The van der Waals surface area contributed by atoms with Crippen LogP contribution in [0.1, 0.15) is 47.3 Å². The summed E-state index contributed by atoms with van der Waals surface area (Å²) in [5, 5.41) is 4.18. The lowest BCUT2D eigenvalue weighted by atomic mass is 9.99. The second-order valence-corrected chi connectivity index (χ2v) is 9.75.